The lowest BCUT2D eigenvalue weighted by atomic mass is 10.1. The maximum atomic E-state index is 12.2. The van der Waals surface area contributed by atoms with Gasteiger partial charge in [-0.25, -0.2) is 9.97 Å². The number of anilines is 1. The molecule has 0 radical (unpaired) electrons. The number of aromatic nitrogens is 2. The van der Waals surface area contributed by atoms with Crippen LogP contribution in [-0.4, -0.2) is 15.9 Å². The van der Waals surface area contributed by atoms with Gasteiger partial charge in [0.15, 0.2) is 11.7 Å². The first-order valence-electron chi connectivity index (χ1n) is 6.18. The number of hydrogen-bond acceptors (Lipinski definition) is 4. The zero-order chi connectivity index (χ0) is 14.5. The summed E-state index contributed by atoms with van der Waals surface area (Å²) in [4.78, 5) is 20.5. The molecule has 0 fully saturated rings. The van der Waals surface area contributed by atoms with Gasteiger partial charge in [0.05, 0.1) is 6.07 Å². The van der Waals surface area contributed by atoms with E-state index in [1.54, 1.807) is 18.2 Å². The Morgan fingerprint density at radius 3 is 2.35 bits per heavy atom. The molecule has 1 amide bonds. The lowest BCUT2D eigenvalue weighted by molar-refractivity contribution is -0.116. The van der Waals surface area contributed by atoms with Crippen molar-refractivity contribution in [3.05, 3.63) is 53.6 Å². The molecule has 0 aliphatic heterocycles. The van der Waals surface area contributed by atoms with Crippen LogP contribution in [0.1, 0.15) is 23.1 Å². The smallest absolute Gasteiger partial charge is 0.249 e. The van der Waals surface area contributed by atoms with Crippen molar-refractivity contribution in [3.63, 3.8) is 0 Å². The third-order valence-corrected chi connectivity index (χ3v) is 2.69. The Balaban J connectivity index is 2.24. The Labute approximate surface area is 117 Å². The minimum atomic E-state index is -1.02. The minimum Gasteiger partial charge on any atom is -0.325 e. The summed E-state index contributed by atoms with van der Waals surface area (Å²) in [5, 5.41) is 11.9. The van der Waals surface area contributed by atoms with Crippen LogP contribution in [0, 0.1) is 25.2 Å². The quantitative estimate of drug-likeness (QED) is 0.924. The minimum absolute atomic E-state index is 0.235. The molecule has 0 bridgehead atoms. The summed E-state index contributed by atoms with van der Waals surface area (Å²) in [6.07, 6.45) is 0. The van der Waals surface area contributed by atoms with Crippen molar-refractivity contribution in [1.29, 1.82) is 5.26 Å². The average molecular weight is 266 g/mol. The summed E-state index contributed by atoms with van der Waals surface area (Å²) in [6.45, 7) is 3.61. The van der Waals surface area contributed by atoms with E-state index in [0.29, 0.717) is 5.69 Å². The zero-order valence-electron chi connectivity index (χ0n) is 11.3. The first kappa shape index (κ1) is 13.7. The third kappa shape index (κ3) is 3.18. The van der Waals surface area contributed by atoms with Gasteiger partial charge in [-0.15, -0.1) is 0 Å². The topological polar surface area (TPSA) is 78.7 Å². The summed E-state index contributed by atoms with van der Waals surface area (Å²) in [6, 6.07) is 12.7. The second kappa shape index (κ2) is 5.93. The molecule has 0 aliphatic carbocycles. The van der Waals surface area contributed by atoms with E-state index in [0.717, 1.165) is 11.4 Å². The molecule has 1 atom stereocenters. The molecule has 5 heteroatoms. The van der Waals surface area contributed by atoms with Crippen LogP contribution < -0.4 is 5.32 Å². The van der Waals surface area contributed by atoms with Gasteiger partial charge in [0, 0.05) is 17.1 Å². The Kier molecular flexibility index (Phi) is 4.06. The van der Waals surface area contributed by atoms with Crippen LogP contribution >= 0.6 is 0 Å². The van der Waals surface area contributed by atoms with E-state index in [4.69, 9.17) is 0 Å². The Hall–Kier alpha value is -2.74. The summed E-state index contributed by atoms with van der Waals surface area (Å²) in [5.41, 5.74) is 2.11. The van der Waals surface area contributed by atoms with Crippen molar-refractivity contribution in [2.45, 2.75) is 19.8 Å². The van der Waals surface area contributed by atoms with E-state index in [-0.39, 0.29) is 5.82 Å². The van der Waals surface area contributed by atoms with Crippen molar-refractivity contribution in [2.75, 3.05) is 5.32 Å². The molecule has 2 rings (SSSR count). The number of nitrogens with zero attached hydrogens (tertiary/aromatic N) is 3. The Bertz CT molecular complexity index is 641. The maximum Gasteiger partial charge on any atom is 0.249 e. The molecule has 0 saturated carbocycles. The van der Waals surface area contributed by atoms with Gasteiger partial charge < -0.3 is 5.32 Å². The van der Waals surface area contributed by atoms with Crippen LogP contribution in [0.15, 0.2) is 36.4 Å². The molecule has 0 spiro atoms. The summed E-state index contributed by atoms with van der Waals surface area (Å²) in [7, 11) is 0. The third-order valence-electron chi connectivity index (χ3n) is 2.69. The van der Waals surface area contributed by atoms with E-state index in [9.17, 15) is 10.1 Å². The number of carbonyl (C=O) groups excluding carboxylic acids is 1. The molecule has 1 aromatic heterocycles. The van der Waals surface area contributed by atoms with E-state index < -0.39 is 11.8 Å². The van der Waals surface area contributed by atoms with Gasteiger partial charge in [-0.1, -0.05) is 18.2 Å². The van der Waals surface area contributed by atoms with Crippen LogP contribution in [0.4, 0.5) is 5.69 Å². The molecule has 0 aliphatic rings. The highest BCUT2D eigenvalue weighted by Gasteiger charge is 2.23. The summed E-state index contributed by atoms with van der Waals surface area (Å²) >= 11 is 0. The predicted molar refractivity (Wildman–Crippen MR) is 74.9 cm³/mol. The van der Waals surface area contributed by atoms with E-state index in [1.165, 1.54) is 0 Å². The highest BCUT2D eigenvalue weighted by molar-refractivity contribution is 5.97. The molecule has 5 nitrogen and oxygen atoms in total. The number of rotatable bonds is 3. The summed E-state index contributed by atoms with van der Waals surface area (Å²) < 4.78 is 0. The number of nitrogens with one attached hydrogen (secondary N) is 1. The zero-order valence-corrected chi connectivity index (χ0v) is 11.3. The number of benzene rings is 1. The second-order valence-corrected chi connectivity index (χ2v) is 4.43. The van der Waals surface area contributed by atoms with Gasteiger partial charge in [0.1, 0.15) is 0 Å². The van der Waals surface area contributed by atoms with Crippen molar-refractivity contribution < 1.29 is 4.79 Å². The van der Waals surface area contributed by atoms with Crippen LogP contribution in [-0.2, 0) is 4.79 Å². The molecule has 2 aromatic rings. The highest BCUT2D eigenvalue weighted by atomic mass is 16.1. The molecule has 0 unspecified atom stereocenters. The molecule has 1 N–H and O–H groups in total. The van der Waals surface area contributed by atoms with Crippen molar-refractivity contribution >= 4 is 11.6 Å². The maximum absolute atomic E-state index is 12.2. The number of para-hydroxylation sites is 1. The fourth-order valence-electron chi connectivity index (χ4n) is 1.85. The molecule has 100 valence electrons. The van der Waals surface area contributed by atoms with E-state index in [2.05, 4.69) is 15.3 Å². The predicted octanol–water partition coefficient (Wildman–Crippen LogP) is 2.34. The molecular weight excluding hydrogens is 252 g/mol. The number of nitriles is 1. The van der Waals surface area contributed by atoms with E-state index >= 15 is 0 Å². The summed E-state index contributed by atoms with van der Waals surface area (Å²) in [5.74, 6) is -1.21. The van der Waals surface area contributed by atoms with Gasteiger partial charge >= 0.3 is 0 Å². The monoisotopic (exact) mass is 266 g/mol. The van der Waals surface area contributed by atoms with Crippen LogP contribution in [0.25, 0.3) is 0 Å². The van der Waals surface area contributed by atoms with Gasteiger partial charge in [-0.3, -0.25) is 4.79 Å². The number of hydrogen-bond donors (Lipinski definition) is 1. The molecular formula is C15H14N4O. The Morgan fingerprint density at radius 2 is 1.80 bits per heavy atom. The normalized spacial score (nSPS) is 11.4. The molecule has 0 saturated heterocycles. The highest BCUT2D eigenvalue weighted by Crippen LogP contribution is 2.15. The van der Waals surface area contributed by atoms with Crippen molar-refractivity contribution in [2.24, 2.45) is 0 Å². The first-order chi connectivity index (χ1) is 9.60. The molecule has 1 aromatic carbocycles. The van der Waals surface area contributed by atoms with Crippen molar-refractivity contribution in [3.8, 4) is 6.07 Å². The van der Waals surface area contributed by atoms with Gasteiger partial charge in [0.2, 0.25) is 5.91 Å². The Morgan fingerprint density at radius 1 is 1.20 bits per heavy atom. The lowest BCUT2D eigenvalue weighted by Crippen LogP contribution is -2.22. The molecule has 1 heterocycles. The van der Waals surface area contributed by atoms with Crippen LogP contribution in [0.2, 0.25) is 0 Å². The lowest BCUT2D eigenvalue weighted by Gasteiger charge is -2.10. The van der Waals surface area contributed by atoms with Gasteiger partial charge in [0.25, 0.3) is 0 Å². The number of amides is 1. The van der Waals surface area contributed by atoms with Gasteiger partial charge in [-0.2, -0.15) is 5.26 Å². The fraction of sp³-hybridized carbons (Fsp3) is 0.200. The van der Waals surface area contributed by atoms with Crippen molar-refractivity contribution in [1.82, 2.24) is 9.97 Å². The van der Waals surface area contributed by atoms with E-state index in [1.807, 2.05) is 38.1 Å². The number of aryl methyl sites for hydroxylation is 2. The average Bonchev–Trinajstić information content (AvgIpc) is 2.39. The second-order valence-electron chi connectivity index (χ2n) is 4.43. The fourth-order valence-corrected chi connectivity index (χ4v) is 1.85. The van der Waals surface area contributed by atoms with Crippen LogP contribution in [0.3, 0.4) is 0 Å². The number of carbonyl (C=O) groups is 1. The van der Waals surface area contributed by atoms with Crippen LogP contribution in [0.5, 0.6) is 0 Å². The standard InChI is InChI=1S/C15H14N4O/c1-10-8-11(2)18-14(17-10)13(9-16)15(20)19-12-6-4-3-5-7-12/h3-8,13H,1-2H3,(H,19,20)/t13-/m0/s1. The first-order valence-corrected chi connectivity index (χ1v) is 6.18. The largest absolute Gasteiger partial charge is 0.325 e. The van der Waals surface area contributed by atoms with Gasteiger partial charge in [-0.05, 0) is 32.0 Å². The molecule has 20 heavy (non-hydrogen) atoms. The SMILES string of the molecule is Cc1cc(C)nc([C@H](C#N)C(=O)Nc2ccccc2)n1.